The van der Waals surface area contributed by atoms with Crippen LogP contribution in [0.25, 0.3) is 10.8 Å². The van der Waals surface area contributed by atoms with Crippen molar-refractivity contribution >= 4 is 38.0 Å². The molecule has 2 aromatic carbocycles. The molecule has 1 atom stereocenters. The summed E-state index contributed by atoms with van der Waals surface area (Å²) in [5, 5.41) is 6.60. The molecule has 3 aromatic rings. The van der Waals surface area contributed by atoms with E-state index in [4.69, 9.17) is 5.73 Å². The molecule has 0 aliphatic heterocycles. The third-order valence-corrected chi connectivity index (χ3v) is 4.53. The average molecular weight is 318 g/mol. The van der Waals surface area contributed by atoms with Crippen molar-refractivity contribution in [2.45, 2.75) is 6.04 Å². The van der Waals surface area contributed by atoms with Crippen molar-refractivity contribution in [3.05, 3.63) is 68.8 Å². The van der Waals surface area contributed by atoms with E-state index in [2.05, 4.69) is 63.1 Å². The molecule has 0 saturated carbocycles. The number of benzene rings is 2. The molecule has 1 unspecified atom stereocenters. The Morgan fingerprint density at radius 1 is 1.00 bits per heavy atom. The molecule has 0 amide bonds. The highest BCUT2D eigenvalue weighted by Crippen LogP contribution is 2.32. The smallest absolute Gasteiger partial charge is 0.0566 e. The van der Waals surface area contributed by atoms with Gasteiger partial charge >= 0.3 is 0 Å². The lowest BCUT2D eigenvalue weighted by atomic mass is 9.96. The number of thiophene rings is 1. The maximum absolute atomic E-state index is 6.37. The second-order valence-corrected chi connectivity index (χ2v) is 5.85. The molecule has 0 saturated heterocycles. The molecule has 0 fully saturated rings. The van der Waals surface area contributed by atoms with Gasteiger partial charge in [0.05, 0.1) is 6.04 Å². The summed E-state index contributed by atoms with van der Waals surface area (Å²) in [4.78, 5) is 0. The zero-order valence-corrected chi connectivity index (χ0v) is 12.0. The predicted molar refractivity (Wildman–Crippen MR) is 82.0 cm³/mol. The highest BCUT2D eigenvalue weighted by Gasteiger charge is 2.13. The van der Waals surface area contributed by atoms with E-state index >= 15 is 0 Å². The van der Waals surface area contributed by atoms with Crippen LogP contribution in [0.2, 0.25) is 0 Å². The Balaban J connectivity index is 2.21. The third-order valence-electron chi connectivity index (χ3n) is 3.14. The first-order chi connectivity index (χ1) is 8.77. The van der Waals surface area contributed by atoms with Crippen molar-refractivity contribution in [3.63, 3.8) is 0 Å². The minimum absolute atomic E-state index is 0.0609. The average Bonchev–Trinajstić information content (AvgIpc) is 2.93. The van der Waals surface area contributed by atoms with Gasteiger partial charge in [-0.25, -0.2) is 0 Å². The molecule has 0 aliphatic carbocycles. The van der Waals surface area contributed by atoms with Crippen LogP contribution in [0.4, 0.5) is 0 Å². The molecule has 0 bridgehead atoms. The lowest BCUT2D eigenvalue weighted by Gasteiger charge is -2.14. The Bertz CT molecular complexity index is 676. The van der Waals surface area contributed by atoms with E-state index in [1.807, 2.05) is 6.07 Å². The van der Waals surface area contributed by atoms with Gasteiger partial charge in [-0.2, -0.15) is 11.3 Å². The molecule has 18 heavy (non-hydrogen) atoms. The number of fused-ring (bicyclic) bond motifs is 1. The Morgan fingerprint density at radius 3 is 2.50 bits per heavy atom. The lowest BCUT2D eigenvalue weighted by molar-refractivity contribution is 0.886. The number of rotatable bonds is 2. The van der Waals surface area contributed by atoms with Crippen molar-refractivity contribution < 1.29 is 0 Å². The molecule has 90 valence electrons. The van der Waals surface area contributed by atoms with Gasteiger partial charge in [-0.3, -0.25) is 0 Å². The monoisotopic (exact) mass is 317 g/mol. The highest BCUT2D eigenvalue weighted by molar-refractivity contribution is 9.10. The Morgan fingerprint density at radius 2 is 1.78 bits per heavy atom. The quantitative estimate of drug-likeness (QED) is 0.727. The fourth-order valence-corrected chi connectivity index (χ4v) is 3.36. The van der Waals surface area contributed by atoms with Crippen LogP contribution in [0, 0.1) is 0 Å². The molecule has 1 nitrogen and oxygen atoms in total. The van der Waals surface area contributed by atoms with Gasteiger partial charge in [0.15, 0.2) is 0 Å². The van der Waals surface area contributed by atoms with E-state index in [9.17, 15) is 0 Å². The second-order valence-electron chi connectivity index (χ2n) is 4.22. The largest absolute Gasteiger partial charge is 0.320 e. The van der Waals surface area contributed by atoms with Gasteiger partial charge in [0, 0.05) is 4.47 Å². The van der Waals surface area contributed by atoms with E-state index < -0.39 is 0 Å². The van der Waals surface area contributed by atoms with Crippen molar-refractivity contribution in [3.8, 4) is 0 Å². The SMILES string of the molecule is NC(c1ccsc1)c1ccc(Br)c2ccccc12. The molecule has 1 heterocycles. The zero-order chi connectivity index (χ0) is 12.5. The summed E-state index contributed by atoms with van der Waals surface area (Å²) in [6.45, 7) is 0. The fraction of sp³-hybridized carbons (Fsp3) is 0.0667. The maximum atomic E-state index is 6.37. The normalized spacial score (nSPS) is 12.8. The van der Waals surface area contributed by atoms with Gasteiger partial charge in [-0.1, -0.05) is 46.3 Å². The van der Waals surface area contributed by atoms with Crippen LogP contribution in [-0.2, 0) is 0 Å². The second kappa shape index (κ2) is 4.84. The Hall–Kier alpha value is -1.16. The van der Waals surface area contributed by atoms with Crippen LogP contribution in [0.1, 0.15) is 17.2 Å². The summed E-state index contributed by atoms with van der Waals surface area (Å²) in [5.74, 6) is 0. The van der Waals surface area contributed by atoms with Crippen LogP contribution >= 0.6 is 27.3 Å². The summed E-state index contributed by atoms with van der Waals surface area (Å²) >= 11 is 5.27. The molecule has 3 heteroatoms. The Labute approximate surface area is 118 Å². The molecule has 0 spiro atoms. The first-order valence-electron chi connectivity index (χ1n) is 5.72. The lowest BCUT2D eigenvalue weighted by Crippen LogP contribution is -2.11. The van der Waals surface area contributed by atoms with Gasteiger partial charge in [0.1, 0.15) is 0 Å². The van der Waals surface area contributed by atoms with Crippen molar-refractivity contribution in [2.75, 3.05) is 0 Å². The third kappa shape index (κ3) is 1.99. The minimum Gasteiger partial charge on any atom is -0.320 e. The Kier molecular flexibility index (Phi) is 3.20. The summed E-state index contributed by atoms with van der Waals surface area (Å²) in [7, 11) is 0. The number of halogens is 1. The summed E-state index contributed by atoms with van der Waals surface area (Å²) < 4.78 is 1.11. The first-order valence-corrected chi connectivity index (χ1v) is 7.46. The van der Waals surface area contributed by atoms with E-state index in [-0.39, 0.29) is 6.04 Å². The summed E-state index contributed by atoms with van der Waals surface area (Å²) in [6.07, 6.45) is 0. The predicted octanol–water partition coefficient (Wildman–Crippen LogP) is 4.71. The fourth-order valence-electron chi connectivity index (χ4n) is 2.19. The maximum Gasteiger partial charge on any atom is 0.0566 e. The molecule has 1 aromatic heterocycles. The van der Waals surface area contributed by atoms with E-state index in [0.717, 1.165) is 4.47 Å². The van der Waals surface area contributed by atoms with Crippen molar-refractivity contribution in [1.82, 2.24) is 0 Å². The van der Waals surface area contributed by atoms with Gasteiger partial charge in [-0.05, 0) is 44.8 Å². The van der Waals surface area contributed by atoms with Gasteiger partial charge in [-0.15, -0.1) is 0 Å². The molecule has 2 N–H and O–H groups in total. The van der Waals surface area contributed by atoms with Crippen LogP contribution < -0.4 is 5.73 Å². The van der Waals surface area contributed by atoms with Crippen LogP contribution in [0.15, 0.2) is 57.7 Å². The molecular weight excluding hydrogens is 306 g/mol. The minimum atomic E-state index is -0.0609. The zero-order valence-electron chi connectivity index (χ0n) is 9.64. The number of hydrogen-bond donors (Lipinski definition) is 1. The molecule has 0 aliphatic rings. The first kappa shape index (κ1) is 11.9. The van der Waals surface area contributed by atoms with Gasteiger partial charge in [0.25, 0.3) is 0 Å². The van der Waals surface area contributed by atoms with Crippen LogP contribution in [0.5, 0.6) is 0 Å². The van der Waals surface area contributed by atoms with Gasteiger partial charge < -0.3 is 5.73 Å². The number of hydrogen-bond acceptors (Lipinski definition) is 2. The van der Waals surface area contributed by atoms with Crippen molar-refractivity contribution in [2.24, 2.45) is 5.73 Å². The van der Waals surface area contributed by atoms with Crippen LogP contribution in [-0.4, -0.2) is 0 Å². The van der Waals surface area contributed by atoms with E-state index in [1.165, 1.54) is 21.9 Å². The van der Waals surface area contributed by atoms with E-state index in [1.54, 1.807) is 11.3 Å². The summed E-state index contributed by atoms with van der Waals surface area (Å²) in [5.41, 5.74) is 8.72. The molecular formula is C15H12BrNS. The summed E-state index contributed by atoms with van der Waals surface area (Å²) in [6, 6.07) is 14.6. The van der Waals surface area contributed by atoms with E-state index in [0.29, 0.717) is 0 Å². The molecule has 0 radical (unpaired) electrons. The van der Waals surface area contributed by atoms with Crippen LogP contribution in [0.3, 0.4) is 0 Å². The van der Waals surface area contributed by atoms with Crippen molar-refractivity contribution in [1.29, 1.82) is 0 Å². The topological polar surface area (TPSA) is 26.0 Å². The standard InChI is InChI=1S/C15H12BrNS/c16-14-6-5-13(11-3-1-2-4-12(11)14)15(17)10-7-8-18-9-10/h1-9,15H,17H2. The highest BCUT2D eigenvalue weighted by atomic mass is 79.9. The van der Waals surface area contributed by atoms with Gasteiger partial charge in [0.2, 0.25) is 0 Å². The number of nitrogens with two attached hydrogens (primary N) is 1. The molecule has 3 rings (SSSR count).